The number of rotatable bonds is 4. The maximum Gasteiger partial charge on any atom is 0.125 e. The molecule has 6 heteroatoms. The number of nitrogens with one attached hydrogen (secondary N) is 1. The number of benzene rings is 1. The van der Waals surface area contributed by atoms with Gasteiger partial charge in [0, 0.05) is 50.5 Å². The monoisotopic (exact) mass is 413 g/mol. The molecule has 0 saturated carbocycles. The van der Waals surface area contributed by atoms with Gasteiger partial charge >= 0.3 is 0 Å². The molecule has 4 aromatic rings. The van der Waals surface area contributed by atoms with Gasteiger partial charge in [0.1, 0.15) is 10.8 Å². The molecule has 0 atom stereocenters. The zero-order valence-corrected chi connectivity index (χ0v) is 16.2. The van der Waals surface area contributed by atoms with Crippen LogP contribution in [0.5, 0.6) is 5.75 Å². The average Bonchev–Trinajstić information content (AvgIpc) is 3.20. The van der Waals surface area contributed by atoms with Crippen LogP contribution in [0.15, 0.2) is 52.7 Å². The molecule has 0 saturated heterocycles. The lowest BCUT2D eigenvalue weighted by Crippen LogP contribution is -2.05. The van der Waals surface area contributed by atoms with Crippen molar-refractivity contribution < 1.29 is 4.74 Å². The molecule has 0 radical (unpaired) electrons. The summed E-state index contributed by atoms with van der Waals surface area (Å²) in [6.45, 7) is 4.06. The number of fused-ring (bicyclic) bond motifs is 1. The lowest BCUT2D eigenvalue weighted by atomic mass is 10.1. The minimum absolute atomic E-state index is 0.148. The standard InChI is InChI=1S/C19H16BrN3OS/c1-11(2)24-14-3-4-17-15(6-14)16(9-22-17)18-10-25-19(23-18)12-5-13(20)8-21-7-12/h3-11,22H,1-2H3. The van der Waals surface area contributed by atoms with Gasteiger partial charge in [-0.05, 0) is 54.0 Å². The summed E-state index contributed by atoms with van der Waals surface area (Å²) in [6.07, 6.45) is 5.75. The third kappa shape index (κ3) is 3.32. The molecule has 0 fully saturated rings. The van der Waals surface area contributed by atoms with Gasteiger partial charge < -0.3 is 9.72 Å². The predicted octanol–water partition coefficient (Wildman–Crippen LogP) is 5.90. The van der Waals surface area contributed by atoms with Gasteiger partial charge in [-0.15, -0.1) is 11.3 Å². The second-order valence-electron chi connectivity index (χ2n) is 6.01. The Hall–Kier alpha value is -2.18. The highest BCUT2D eigenvalue weighted by Gasteiger charge is 2.12. The molecule has 1 N–H and O–H groups in total. The van der Waals surface area contributed by atoms with E-state index in [9.17, 15) is 0 Å². The lowest BCUT2D eigenvalue weighted by Gasteiger charge is -2.09. The van der Waals surface area contributed by atoms with Crippen molar-refractivity contribution in [3.63, 3.8) is 0 Å². The fourth-order valence-corrected chi connectivity index (χ4v) is 3.88. The quantitative estimate of drug-likeness (QED) is 0.452. The summed E-state index contributed by atoms with van der Waals surface area (Å²) < 4.78 is 6.77. The van der Waals surface area contributed by atoms with Crippen LogP contribution < -0.4 is 4.74 Å². The first-order valence-corrected chi connectivity index (χ1v) is 9.62. The number of hydrogen-bond acceptors (Lipinski definition) is 4. The summed E-state index contributed by atoms with van der Waals surface area (Å²) in [5, 5.41) is 4.14. The average molecular weight is 414 g/mol. The largest absolute Gasteiger partial charge is 0.491 e. The van der Waals surface area contributed by atoms with Crippen molar-refractivity contribution >= 4 is 38.2 Å². The fraction of sp³-hybridized carbons (Fsp3) is 0.158. The van der Waals surface area contributed by atoms with E-state index in [1.165, 1.54) is 0 Å². The van der Waals surface area contributed by atoms with Crippen LogP contribution in [0.4, 0.5) is 0 Å². The zero-order chi connectivity index (χ0) is 17.4. The number of thiazole rings is 1. The number of halogens is 1. The number of pyridine rings is 1. The maximum absolute atomic E-state index is 5.83. The number of nitrogens with zero attached hydrogens (tertiary/aromatic N) is 2. The van der Waals surface area contributed by atoms with E-state index < -0.39 is 0 Å². The topological polar surface area (TPSA) is 50.8 Å². The number of ether oxygens (including phenoxy) is 1. The first-order valence-electron chi connectivity index (χ1n) is 7.95. The minimum Gasteiger partial charge on any atom is -0.491 e. The van der Waals surface area contributed by atoms with Crippen LogP contribution in [0.25, 0.3) is 32.7 Å². The second-order valence-corrected chi connectivity index (χ2v) is 7.78. The molecular weight excluding hydrogens is 398 g/mol. The number of aromatic amines is 1. The smallest absolute Gasteiger partial charge is 0.125 e. The van der Waals surface area contributed by atoms with E-state index in [2.05, 4.69) is 37.3 Å². The summed E-state index contributed by atoms with van der Waals surface area (Å²) in [6, 6.07) is 8.13. The van der Waals surface area contributed by atoms with Gasteiger partial charge in [-0.25, -0.2) is 4.98 Å². The van der Waals surface area contributed by atoms with Gasteiger partial charge in [0.15, 0.2) is 0 Å². The van der Waals surface area contributed by atoms with Gasteiger partial charge in [0.25, 0.3) is 0 Å². The predicted molar refractivity (Wildman–Crippen MR) is 106 cm³/mol. The van der Waals surface area contributed by atoms with Crippen LogP contribution in [-0.4, -0.2) is 21.1 Å². The van der Waals surface area contributed by atoms with Crippen LogP contribution in [0.1, 0.15) is 13.8 Å². The van der Waals surface area contributed by atoms with Crippen molar-refractivity contribution in [1.82, 2.24) is 15.0 Å². The fourth-order valence-electron chi connectivity index (χ4n) is 2.72. The molecule has 0 unspecified atom stereocenters. The highest BCUT2D eigenvalue weighted by molar-refractivity contribution is 9.10. The van der Waals surface area contributed by atoms with Gasteiger partial charge in [0.2, 0.25) is 0 Å². The summed E-state index contributed by atoms with van der Waals surface area (Å²) in [5.74, 6) is 0.870. The highest BCUT2D eigenvalue weighted by Crippen LogP contribution is 2.34. The van der Waals surface area contributed by atoms with Gasteiger partial charge in [-0.3, -0.25) is 4.98 Å². The van der Waals surface area contributed by atoms with E-state index in [1.54, 1.807) is 17.5 Å². The van der Waals surface area contributed by atoms with Gasteiger partial charge in [0.05, 0.1) is 11.8 Å². The summed E-state index contributed by atoms with van der Waals surface area (Å²) in [5.41, 5.74) is 4.11. The Kier molecular flexibility index (Phi) is 4.31. The number of aromatic nitrogens is 3. The molecule has 126 valence electrons. The summed E-state index contributed by atoms with van der Waals surface area (Å²) in [7, 11) is 0. The Balaban J connectivity index is 1.75. The SMILES string of the molecule is CC(C)Oc1ccc2[nH]cc(-c3csc(-c4cncc(Br)c4)n3)c2c1. The van der Waals surface area contributed by atoms with E-state index in [4.69, 9.17) is 9.72 Å². The van der Waals surface area contributed by atoms with Crippen LogP contribution in [0.3, 0.4) is 0 Å². The Labute approximate surface area is 158 Å². The van der Waals surface area contributed by atoms with E-state index in [0.717, 1.165) is 43.0 Å². The highest BCUT2D eigenvalue weighted by atomic mass is 79.9. The molecule has 0 amide bonds. The number of H-pyrrole nitrogens is 1. The minimum atomic E-state index is 0.148. The molecule has 4 nitrogen and oxygen atoms in total. The maximum atomic E-state index is 5.83. The first-order chi connectivity index (χ1) is 12.1. The second kappa shape index (κ2) is 6.61. The molecule has 0 aliphatic rings. The van der Waals surface area contributed by atoms with Crippen molar-refractivity contribution in [1.29, 1.82) is 0 Å². The molecule has 1 aromatic carbocycles. The van der Waals surface area contributed by atoms with Crippen LogP contribution in [0, 0.1) is 0 Å². The van der Waals surface area contributed by atoms with Crippen molar-refractivity contribution in [3.8, 4) is 27.6 Å². The zero-order valence-electron chi connectivity index (χ0n) is 13.8. The molecule has 0 aliphatic carbocycles. The molecule has 25 heavy (non-hydrogen) atoms. The first kappa shape index (κ1) is 16.3. The molecule has 0 aliphatic heterocycles. The Morgan fingerprint density at radius 2 is 2.08 bits per heavy atom. The van der Waals surface area contributed by atoms with Crippen molar-refractivity contribution in [2.24, 2.45) is 0 Å². The Morgan fingerprint density at radius 3 is 2.88 bits per heavy atom. The summed E-state index contributed by atoms with van der Waals surface area (Å²) in [4.78, 5) is 12.3. The van der Waals surface area contributed by atoms with E-state index in [-0.39, 0.29) is 6.10 Å². The van der Waals surface area contributed by atoms with Crippen molar-refractivity contribution in [3.05, 3.63) is 52.7 Å². The Morgan fingerprint density at radius 1 is 1.20 bits per heavy atom. The summed E-state index contributed by atoms with van der Waals surface area (Å²) >= 11 is 5.08. The van der Waals surface area contributed by atoms with Crippen LogP contribution in [-0.2, 0) is 0 Å². The van der Waals surface area contributed by atoms with E-state index >= 15 is 0 Å². The molecule has 0 bridgehead atoms. The van der Waals surface area contributed by atoms with E-state index in [0.29, 0.717) is 0 Å². The molecular formula is C19H16BrN3OS. The molecule has 0 spiro atoms. The van der Waals surface area contributed by atoms with Crippen molar-refractivity contribution in [2.75, 3.05) is 0 Å². The number of hydrogen-bond donors (Lipinski definition) is 1. The lowest BCUT2D eigenvalue weighted by molar-refractivity contribution is 0.243. The van der Waals surface area contributed by atoms with E-state index in [1.807, 2.05) is 44.4 Å². The van der Waals surface area contributed by atoms with Crippen LogP contribution >= 0.6 is 27.3 Å². The Bertz CT molecular complexity index is 1040. The van der Waals surface area contributed by atoms with Gasteiger partial charge in [-0.1, -0.05) is 0 Å². The molecule has 4 rings (SSSR count). The van der Waals surface area contributed by atoms with Crippen molar-refractivity contribution in [2.45, 2.75) is 20.0 Å². The third-order valence-corrected chi connectivity index (χ3v) is 5.08. The normalized spacial score (nSPS) is 11.4. The molecule has 3 heterocycles. The third-order valence-electron chi connectivity index (χ3n) is 3.76. The molecule has 3 aromatic heterocycles. The van der Waals surface area contributed by atoms with Gasteiger partial charge in [-0.2, -0.15) is 0 Å². The van der Waals surface area contributed by atoms with Crippen LogP contribution in [0.2, 0.25) is 0 Å².